The van der Waals surface area contributed by atoms with E-state index in [9.17, 15) is 9.59 Å². The average molecular weight is 381 g/mol. The molecule has 0 saturated carbocycles. The summed E-state index contributed by atoms with van der Waals surface area (Å²) in [5.74, 6) is 1.78. The van der Waals surface area contributed by atoms with E-state index in [0.717, 1.165) is 18.8 Å². The Labute approximate surface area is 168 Å². The molecule has 0 radical (unpaired) electrons. The fraction of sp³-hybridized carbons (Fsp3) is 0.917. The summed E-state index contributed by atoms with van der Waals surface area (Å²) in [6, 6.07) is 0. The quantitative estimate of drug-likeness (QED) is 0.176. The second-order valence-corrected chi connectivity index (χ2v) is 9.55. The highest BCUT2D eigenvalue weighted by Gasteiger charge is 2.34. The third-order valence-corrected chi connectivity index (χ3v) is 6.19. The number of carbonyl (C=O) groups is 2. The van der Waals surface area contributed by atoms with Crippen molar-refractivity contribution in [2.24, 2.45) is 29.6 Å². The van der Waals surface area contributed by atoms with E-state index < -0.39 is 0 Å². The molecule has 4 unspecified atom stereocenters. The van der Waals surface area contributed by atoms with Gasteiger partial charge in [-0.05, 0) is 42.9 Å². The summed E-state index contributed by atoms with van der Waals surface area (Å²) in [6.07, 6.45) is 14.4. The number of carbonyl (C=O) groups excluding carboxylic acids is 2. The molecule has 1 aliphatic rings. The van der Waals surface area contributed by atoms with Gasteiger partial charge < -0.3 is 4.74 Å². The number of ether oxygens (including phenoxy) is 1. The summed E-state index contributed by atoms with van der Waals surface area (Å²) in [5.41, 5.74) is 0. The summed E-state index contributed by atoms with van der Waals surface area (Å²) in [6.45, 7) is 11.6. The molecule has 0 N–H and O–H groups in total. The monoisotopic (exact) mass is 380 g/mol. The molecule has 0 amide bonds. The van der Waals surface area contributed by atoms with E-state index in [4.69, 9.17) is 4.74 Å². The Kier molecular flexibility index (Phi) is 11.9. The van der Waals surface area contributed by atoms with Gasteiger partial charge in [-0.1, -0.05) is 86.0 Å². The zero-order valence-corrected chi connectivity index (χ0v) is 18.6. The van der Waals surface area contributed by atoms with Gasteiger partial charge in [0.1, 0.15) is 0 Å². The van der Waals surface area contributed by atoms with Gasteiger partial charge in [-0.3, -0.25) is 9.59 Å². The molecule has 1 fully saturated rings. The highest BCUT2D eigenvalue weighted by atomic mass is 16.6. The topological polar surface area (TPSA) is 43.4 Å². The Morgan fingerprint density at radius 1 is 0.926 bits per heavy atom. The van der Waals surface area contributed by atoms with Gasteiger partial charge in [-0.25, -0.2) is 0 Å². The smallest absolute Gasteiger partial charge is 0.317 e. The van der Waals surface area contributed by atoms with E-state index in [-0.39, 0.29) is 24.3 Å². The zero-order chi connectivity index (χ0) is 20.2. The third kappa shape index (κ3) is 10.3. The molecule has 0 spiro atoms. The van der Waals surface area contributed by atoms with Crippen LogP contribution in [0.1, 0.15) is 112 Å². The molecule has 0 aromatic heterocycles. The predicted molar refractivity (Wildman–Crippen MR) is 112 cm³/mol. The minimum absolute atomic E-state index is 0.203. The van der Waals surface area contributed by atoms with Gasteiger partial charge in [0.25, 0.3) is 0 Å². The molecule has 1 heterocycles. The molecule has 0 bridgehead atoms. The predicted octanol–water partition coefficient (Wildman–Crippen LogP) is 6.93. The molecule has 0 aromatic rings. The standard InChI is InChI=1S/C24H44O3/c1-6-7-8-9-10-11-12-13-20(5)21(14-18(2)3)15-19(4)16-22-17-23(25)27-24(22)26/h18-22H,6-17H2,1-5H3. The molecule has 3 nitrogen and oxygen atoms in total. The first kappa shape index (κ1) is 24.2. The van der Waals surface area contributed by atoms with E-state index >= 15 is 0 Å². The summed E-state index contributed by atoms with van der Waals surface area (Å²) >= 11 is 0. The van der Waals surface area contributed by atoms with Crippen LogP contribution in [0.3, 0.4) is 0 Å². The molecule has 27 heavy (non-hydrogen) atoms. The first-order valence-electron chi connectivity index (χ1n) is 11.6. The van der Waals surface area contributed by atoms with Gasteiger partial charge in [-0.15, -0.1) is 0 Å². The van der Waals surface area contributed by atoms with Crippen LogP contribution >= 0.6 is 0 Å². The molecule has 0 aliphatic carbocycles. The van der Waals surface area contributed by atoms with Crippen molar-refractivity contribution in [1.82, 2.24) is 0 Å². The van der Waals surface area contributed by atoms with Gasteiger partial charge in [-0.2, -0.15) is 0 Å². The first-order valence-corrected chi connectivity index (χ1v) is 11.6. The van der Waals surface area contributed by atoms with Crippen molar-refractivity contribution in [2.75, 3.05) is 0 Å². The molecular formula is C24H44O3. The maximum atomic E-state index is 11.7. The first-order chi connectivity index (χ1) is 12.8. The lowest BCUT2D eigenvalue weighted by Gasteiger charge is -2.29. The van der Waals surface area contributed by atoms with Crippen molar-refractivity contribution < 1.29 is 14.3 Å². The molecule has 1 saturated heterocycles. The van der Waals surface area contributed by atoms with E-state index in [1.165, 1.54) is 57.8 Å². The average Bonchev–Trinajstić information content (AvgIpc) is 2.90. The van der Waals surface area contributed by atoms with E-state index in [1.807, 2.05) is 0 Å². The SMILES string of the molecule is CCCCCCCCCC(C)C(CC(C)C)CC(C)CC1CC(=O)OC1=O. The number of cyclic esters (lactones) is 2. The Bertz CT molecular complexity index is 429. The Hall–Kier alpha value is -0.860. The van der Waals surface area contributed by atoms with E-state index in [1.54, 1.807) is 0 Å². The van der Waals surface area contributed by atoms with Gasteiger partial charge >= 0.3 is 11.9 Å². The lowest BCUT2D eigenvalue weighted by atomic mass is 9.76. The Morgan fingerprint density at radius 3 is 2.11 bits per heavy atom. The lowest BCUT2D eigenvalue weighted by molar-refractivity contribution is -0.153. The normalized spacial score (nSPS) is 20.7. The van der Waals surface area contributed by atoms with Crippen molar-refractivity contribution in [3.63, 3.8) is 0 Å². The van der Waals surface area contributed by atoms with Crippen molar-refractivity contribution in [1.29, 1.82) is 0 Å². The molecule has 0 aromatic carbocycles. The van der Waals surface area contributed by atoms with Gasteiger partial charge in [0, 0.05) is 0 Å². The molecule has 1 rings (SSSR count). The van der Waals surface area contributed by atoms with E-state index in [0.29, 0.717) is 17.8 Å². The minimum Gasteiger partial charge on any atom is -0.393 e. The van der Waals surface area contributed by atoms with Crippen LogP contribution in [0.4, 0.5) is 0 Å². The molecule has 1 aliphatic heterocycles. The maximum absolute atomic E-state index is 11.7. The highest BCUT2D eigenvalue weighted by Crippen LogP contribution is 2.34. The molecule has 3 heteroatoms. The minimum atomic E-state index is -0.344. The number of esters is 2. The largest absolute Gasteiger partial charge is 0.393 e. The summed E-state index contributed by atoms with van der Waals surface area (Å²) in [5, 5.41) is 0. The van der Waals surface area contributed by atoms with Crippen LogP contribution in [0.5, 0.6) is 0 Å². The zero-order valence-electron chi connectivity index (χ0n) is 18.6. The van der Waals surface area contributed by atoms with Crippen LogP contribution in [0.15, 0.2) is 0 Å². The summed E-state index contributed by atoms with van der Waals surface area (Å²) < 4.78 is 4.71. The fourth-order valence-electron chi connectivity index (χ4n) is 4.63. The van der Waals surface area contributed by atoms with Crippen LogP contribution in [0, 0.1) is 29.6 Å². The van der Waals surface area contributed by atoms with Crippen molar-refractivity contribution in [3.8, 4) is 0 Å². The Balaban J connectivity index is 2.37. The van der Waals surface area contributed by atoms with E-state index in [2.05, 4.69) is 34.6 Å². The fourth-order valence-corrected chi connectivity index (χ4v) is 4.63. The van der Waals surface area contributed by atoms with Crippen LogP contribution in [-0.4, -0.2) is 11.9 Å². The van der Waals surface area contributed by atoms with Crippen LogP contribution in [-0.2, 0) is 14.3 Å². The van der Waals surface area contributed by atoms with Gasteiger partial charge in [0.2, 0.25) is 0 Å². The van der Waals surface area contributed by atoms with Crippen molar-refractivity contribution >= 4 is 11.9 Å². The Morgan fingerprint density at radius 2 is 1.56 bits per heavy atom. The number of rotatable bonds is 15. The lowest BCUT2D eigenvalue weighted by Crippen LogP contribution is -2.20. The number of unbranched alkanes of at least 4 members (excludes halogenated alkanes) is 6. The second kappa shape index (κ2) is 13.3. The molecular weight excluding hydrogens is 336 g/mol. The molecule has 4 atom stereocenters. The highest BCUT2D eigenvalue weighted by molar-refractivity contribution is 5.94. The number of hydrogen-bond acceptors (Lipinski definition) is 3. The van der Waals surface area contributed by atoms with Crippen molar-refractivity contribution in [2.45, 2.75) is 112 Å². The second-order valence-electron chi connectivity index (χ2n) is 9.55. The van der Waals surface area contributed by atoms with Crippen LogP contribution in [0.25, 0.3) is 0 Å². The number of hydrogen-bond donors (Lipinski definition) is 0. The maximum Gasteiger partial charge on any atom is 0.317 e. The van der Waals surface area contributed by atoms with Gasteiger partial charge in [0.05, 0.1) is 12.3 Å². The van der Waals surface area contributed by atoms with Gasteiger partial charge in [0.15, 0.2) is 0 Å². The molecule has 158 valence electrons. The van der Waals surface area contributed by atoms with Crippen LogP contribution in [0.2, 0.25) is 0 Å². The van der Waals surface area contributed by atoms with Crippen LogP contribution < -0.4 is 0 Å². The summed E-state index contributed by atoms with van der Waals surface area (Å²) in [7, 11) is 0. The van der Waals surface area contributed by atoms with Crippen molar-refractivity contribution in [3.05, 3.63) is 0 Å². The third-order valence-electron chi connectivity index (χ3n) is 6.19. The summed E-state index contributed by atoms with van der Waals surface area (Å²) in [4.78, 5) is 23.1.